The molecule has 0 bridgehead atoms. The number of hydrogen-bond acceptors (Lipinski definition) is 9. The molecule has 2 heterocycles. The summed E-state index contributed by atoms with van der Waals surface area (Å²) in [5.74, 6) is -1.43. The van der Waals surface area contributed by atoms with Crippen molar-refractivity contribution in [1.29, 1.82) is 0 Å². The number of nitrogens with zero attached hydrogens (tertiary/aromatic N) is 1. The molecule has 0 spiro atoms. The molecule has 4 N–H and O–H groups in total. The second kappa shape index (κ2) is 19.0. The molecule has 4 atom stereocenters. The molecule has 3 aliphatic rings. The van der Waals surface area contributed by atoms with Gasteiger partial charge in [0.1, 0.15) is 12.3 Å². The minimum absolute atomic E-state index is 0.0233. The molecule has 1 saturated carbocycles. The Bertz CT molecular complexity index is 1540. The predicted octanol–water partition coefficient (Wildman–Crippen LogP) is 4.49. The van der Waals surface area contributed by atoms with Crippen LogP contribution in [0.15, 0.2) is 28.8 Å². The Kier molecular flexibility index (Phi) is 15.3. The van der Waals surface area contributed by atoms with Crippen LogP contribution in [0.1, 0.15) is 134 Å². The van der Waals surface area contributed by atoms with Gasteiger partial charge in [-0.05, 0) is 73.5 Å². The first-order valence-electron chi connectivity index (χ1n) is 19.4. The predicted molar refractivity (Wildman–Crippen MR) is 204 cm³/mol. The zero-order chi connectivity index (χ0) is 38.9. The third-order valence-electron chi connectivity index (χ3n) is 10.4. The van der Waals surface area contributed by atoms with Crippen molar-refractivity contribution in [3.8, 4) is 0 Å². The van der Waals surface area contributed by atoms with Gasteiger partial charge in [0.05, 0.1) is 24.2 Å². The quantitative estimate of drug-likeness (QED) is 0.0689. The molecule has 3 amide bonds. The van der Waals surface area contributed by atoms with Gasteiger partial charge in [0.2, 0.25) is 27.7 Å². The van der Waals surface area contributed by atoms with E-state index < -0.39 is 33.7 Å². The summed E-state index contributed by atoms with van der Waals surface area (Å²) in [6.45, 7) is 14.7. The van der Waals surface area contributed by atoms with Gasteiger partial charge in [-0.3, -0.25) is 14.4 Å². The van der Waals surface area contributed by atoms with Gasteiger partial charge < -0.3 is 35.5 Å². The molecule has 53 heavy (non-hydrogen) atoms. The summed E-state index contributed by atoms with van der Waals surface area (Å²) in [7, 11) is -2.22. The maximum Gasteiger partial charge on any atom is 0.248 e. The van der Waals surface area contributed by atoms with E-state index in [0.717, 1.165) is 55.2 Å². The van der Waals surface area contributed by atoms with Crippen molar-refractivity contribution in [2.75, 3.05) is 39.9 Å². The number of hydrogen-bond donors (Lipinski definition) is 4. The smallest absolute Gasteiger partial charge is 0.248 e. The number of benzene rings is 1. The first-order valence-corrected chi connectivity index (χ1v) is 20.8. The van der Waals surface area contributed by atoms with Crippen molar-refractivity contribution in [3.63, 3.8) is 0 Å². The Labute approximate surface area is 316 Å². The second-order valence-corrected chi connectivity index (χ2v) is 17.4. The van der Waals surface area contributed by atoms with E-state index in [1.54, 1.807) is 20.2 Å². The summed E-state index contributed by atoms with van der Waals surface area (Å²) >= 11 is 0. The number of carbonyl (C=O) groups is 3. The molecule has 1 aliphatic carbocycles. The van der Waals surface area contributed by atoms with Crippen molar-refractivity contribution in [2.24, 2.45) is 0 Å². The first-order chi connectivity index (χ1) is 25.1. The molecule has 2 saturated heterocycles. The van der Waals surface area contributed by atoms with Crippen LogP contribution >= 0.6 is 0 Å². The molecular weight excluding hydrogens is 699 g/mol. The van der Waals surface area contributed by atoms with Crippen molar-refractivity contribution in [2.45, 2.75) is 147 Å². The van der Waals surface area contributed by atoms with Crippen LogP contribution in [-0.4, -0.2) is 94.5 Å². The van der Waals surface area contributed by atoms with E-state index in [9.17, 15) is 22.8 Å². The maximum absolute atomic E-state index is 13.9. The summed E-state index contributed by atoms with van der Waals surface area (Å²) in [6.07, 6.45) is 8.83. The standard InChI is InChI=1S/C39H63N5O8S/c1-25(2)29-19-31(26(3)4)36(32(20-29)27(5)6)53(48,49)44-23-33(44)38(47)43-22-34(45)40-17-12-18-41-37(46)28(7)21-42-35-14-13-30(52-35)24-51-39(50-8)15-10-9-11-16-39/h19-21,25-27,30,33,35,42H,9-18,22-24H2,1-8H3,(H,40,45)(H,41,46)(H,43,47)/b28-21-/t30-,33?,35?,44?/m0/s1. The zero-order valence-electron chi connectivity index (χ0n) is 33.0. The molecule has 3 unspecified atom stereocenters. The second-order valence-electron chi connectivity index (χ2n) is 15.6. The van der Waals surface area contributed by atoms with E-state index >= 15 is 0 Å². The van der Waals surface area contributed by atoms with Crippen LogP contribution in [0.3, 0.4) is 0 Å². The molecule has 14 heteroatoms. The van der Waals surface area contributed by atoms with Gasteiger partial charge in [0.25, 0.3) is 0 Å². The maximum atomic E-state index is 13.9. The van der Waals surface area contributed by atoms with E-state index in [-0.39, 0.29) is 49.1 Å². The van der Waals surface area contributed by atoms with Crippen LogP contribution < -0.4 is 21.3 Å². The minimum Gasteiger partial charge on any atom is -0.366 e. The van der Waals surface area contributed by atoms with E-state index in [2.05, 4.69) is 35.1 Å². The Morgan fingerprint density at radius 1 is 0.943 bits per heavy atom. The Morgan fingerprint density at radius 3 is 2.19 bits per heavy atom. The molecule has 2 aliphatic heterocycles. The fourth-order valence-electron chi connectivity index (χ4n) is 6.89. The molecule has 1 aromatic carbocycles. The highest BCUT2D eigenvalue weighted by Gasteiger charge is 2.50. The lowest BCUT2D eigenvalue weighted by molar-refractivity contribution is -0.249. The van der Waals surface area contributed by atoms with Crippen molar-refractivity contribution < 1.29 is 37.0 Å². The molecule has 298 valence electrons. The molecule has 1 aromatic rings. The summed E-state index contributed by atoms with van der Waals surface area (Å²) < 4.78 is 46.9. The highest BCUT2D eigenvalue weighted by atomic mass is 32.2. The fraction of sp³-hybridized carbons (Fsp3) is 0.718. The molecule has 0 radical (unpaired) electrons. The van der Waals surface area contributed by atoms with Gasteiger partial charge in [0, 0.05) is 51.4 Å². The van der Waals surface area contributed by atoms with Crippen LogP contribution in [0.25, 0.3) is 0 Å². The normalized spacial score (nSPS) is 23.0. The van der Waals surface area contributed by atoms with Crippen LogP contribution in [-0.2, 0) is 38.6 Å². The highest BCUT2D eigenvalue weighted by molar-refractivity contribution is 7.89. The molecule has 0 aromatic heterocycles. The van der Waals surface area contributed by atoms with Gasteiger partial charge in [0.15, 0.2) is 5.79 Å². The van der Waals surface area contributed by atoms with Gasteiger partial charge in [-0.2, -0.15) is 4.31 Å². The van der Waals surface area contributed by atoms with Crippen molar-refractivity contribution in [1.82, 2.24) is 25.6 Å². The van der Waals surface area contributed by atoms with Gasteiger partial charge >= 0.3 is 0 Å². The first kappa shape index (κ1) is 42.7. The van der Waals surface area contributed by atoms with Crippen molar-refractivity contribution in [3.05, 3.63) is 40.6 Å². The lowest BCUT2D eigenvalue weighted by Crippen LogP contribution is -2.40. The average molecular weight is 762 g/mol. The molecule has 13 nitrogen and oxygen atoms in total. The van der Waals surface area contributed by atoms with Gasteiger partial charge in [-0.15, -0.1) is 0 Å². The highest BCUT2D eigenvalue weighted by Crippen LogP contribution is 2.40. The summed E-state index contributed by atoms with van der Waals surface area (Å²) in [6, 6.07) is 3.10. The Morgan fingerprint density at radius 2 is 1.58 bits per heavy atom. The van der Waals surface area contributed by atoms with Gasteiger partial charge in [-0.1, -0.05) is 60.1 Å². The number of methoxy groups -OCH3 is 1. The summed E-state index contributed by atoms with van der Waals surface area (Å²) in [5.41, 5.74) is 3.11. The topological polar surface area (TPSA) is 164 Å². The third-order valence-corrected chi connectivity index (χ3v) is 12.4. The molecule has 4 rings (SSSR count). The number of carbonyl (C=O) groups excluding carboxylic acids is 3. The van der Waals surface area contributed by atoms with Crippen molar-refractivity contribution >= 4 is 27.7 Å². The fourth-order valence-corrected chi connectivity index (χ4v) is 9.08. The minimum atomic E-state index is -3.93. The average Bonchev–Trinajstić information content (AvgIpc) is 3.83. The van der Waals surface area contributed by atoms with Crippen LogP contribution in [0.4, 0.5) is 0 Å². The lowest BCUT2D eigenvalue weighted by atomic mass is 9.89. The SMILES string of the molecule is COC1(OC[C@@H]2CCC(N/C=C(/C)C(=O)NCCCNC(=O)CNC(=O)C3CN3S(=O)(=O)c3c(C(C)C)cc(C(C)C)cc3C(C)C)O2)CCCCC1. The monoisotopic (exact) mass is 761 g/mol. The molecular formula is C39H63N5O8S. The zero-order valence-corrected chi connectivity index (χ0v) is 33.8. The van der Waals surface area contributed by atoms with E-state index in [4.69, 9.17) is 14.2 Å². The van der Waals surface area contributed by atoms with E-state index in [1.165, 1.54) is 10.7 Å². The number of rotatable bonds is 19. The summed E-state index contributed by atoms with van der Waals surface area (Å²) in [5, 5.41) is 11.3. The van der Waals surface area contributed by atoms with E-state index in [0.29, 0.717) is 36.6 Å². The lowest BCUT2D eigenvalue weighted by Gasteiger charge is -2.36. The largest absolute Gasteiger partial charge is 0.366 e. The van der Waals surface area contributed by atoms with Crippen LogP contribution in [0.5, 0.6) is 0 Å². The third kappa shape index (κ3) is 11.5. The number of nitrogens with one attached hydrogen (secondary N) is 4. The summed E-state index contributed by atoms with van der Waals surface area (Å²) in [4.78, 5) is 38.2. The number of amides is 3. The Hall–Kier alpha value is -3.04. The molecule has 3 fully saturated rings. The van der Waals surface area contributed by atoms with E-state index in [1.807, 2.05) is 39.8 Å². The van der Waals surface area contributed by atoms with Crippen LogP contribution in [0.2, 0.25) is 0 Å². The van der Waals surface area contributed by atoms with Gasteiger partial charge in [-0.25, -0.2) is 8.42 Å². The Balaban J connectivity index is 1.13. The number of sulfonamides is 1. The number of ether oxygens (including phenoxy) is 3. The van der Waals surface area contributed by atoms with Crippen LogP contribution in [0, 0.1) is 0 Å².